The SMILES string of the molecule is O=C1C=CC=C2C1=Cc1ccccc12.c1ccncc1. The molecule has 2 heteroatoms. The summed E-state index contributed by atoms with van der Waals surface area (Å²) in [5, 5.41) is 0. The van der Waals surface area contributed by atoms with E-state index in [0.717, 1.165) is 16.7 Å². The highest BCUT2D eigenvalue weighted by Crippen LogP contribution is 2.37. The smallest absolute Gasteiger partial charge is 0.186 e. The summed E-state index contributed by atoms with van der Waals surface area (Å²) < 4.78 is 0. The van der Waals surface area contributed by atoms with Crippen LogP contribution in [0.25, 0.3) is 11.6 Å². The molecule has 4 rings (SSSR count). The molecule has 0 radical (unpaired) electrons. The fourth-order valence-electron chi connectivity index (χ4n) is 2.26. The van der Waals surface area contributed by atoms with Gasteiger partial charge in [-0.1, -0.05) is 42.5 Å². The molecule has 0 aliphatic heterocycles. The number of carbonyl (C=O) groups excluding carboxylic acids is 1. The number of allylic oxidation sites excluding steroid dienone is 5. The third-order valence-electron chi connectivity index (χ3n) is 3.18. The van der Waals surface area contributed by atoms with Crippen LogP contribution in [0.5, 0.6) is 0 Å². The molecule has 2 aliphatic carbocycles. The highest BCUT2D eigenvalue weighted by molar-refractivity contribution is 6.23. The highest BCUT2D eigenvalue weighted by atomic mass is 16.1. The van der Waals surface area contributed by atoms with Crippen molar-refractivity contribution in [2.45, 2.75) is 0 Å². The third kappa shape index (κ3) is 2.36. The minimum absolute atomic E-state index is 0.110. The van der Waals surface area contributed by atoms with Gasteiger partial charge >= 0.3 is 0 Å². The molecule has 1 aromatic carbocycles. The number of ketones is 1. The van der Waals surface area contributed by atoms with Crippen molar-refractivity contribution in [1.29, 1.82) is 0 Å². The van der Waals surface area contributed by atoms with Crippen molar-refractivity contribution >= 4 is 17.4 Å². The molecule has 0 fully saturated rings. The quantitative estimate of drug-likeness (QED) is 0.722. The predicted octanol–water partition coefficient (Wildman–Crippen LogP) is 3.69. The molecule has 0 amide bonds. The van der Waals surface area contributed by atoms with Crippen molar-refractivity contribution in [3.63, 3.8) is 0 Å². The molecule has 2 aromatic rings. The molecule has 0 saturated heterocycles. The zero-order valence-electron chi connectivity index (χ0n) is 10.9. The Morgan fingerprint density at radius 2 is 1.65 bits per heavy atom. The fraction of sp³-hybridized carbons (Fsp3) is 0. The van der Waals surface area contributed by atoms with Crippen LogP contribution in [-0.2, 0) is 4.79 Å². The van der Waals surface area contributed by atoms with E-state index < -0.39 is 0 Å². The number of benzene rings is 1. The van der Waals surface area contributed by atoms with E-state index in [9.17, 15) is 4.79 Å². The van der Waals surface area contributed by atoms with E-state index in [-0.39, 0.29) is 5.78 Å². The molecule has 0 atom stereocenters. The first-order valence-electron chi connectivity index (χ1n) is 6.45. The van der Waals surface area contributed by atoms with Crippen LogP contribution in [-0.4, -0.2) is 10.8 Å². The number of rotatable bonds is 0. The number of carbonyl (C=O) groups is 1. The molecule has 96 valence electrons. The second kappa shape index (κ2) is 5.49. The molecule has 0 saturated carbocycles. The molecule has 0 spiro atoms. The minimum Gasteiger partial charge on any atom is -0.289 e. The standard InChI is InChI=1S/C13H8O.C5H5N/c14-13-7-3-6-11-10-5-2-1-4-9(10)8-12(11)13;1-2-4-6-5-3-1/h1-8H;1-5H. The largest absolute Gasteiger partial charge is 0.289 e. The van der Waals surface area contributed by atoms with Crippen LogP contribution < -0.4 is 0 Å². The lowest BCUT2D eigenvalue weighted by molar-refractivity contribution is -0.110. The van der Waals surface area contributed by atoms with Crippen LogP contribution in [0.1, 0.15) is 11.1 Å². The summed E-state index contributed by atoms with van der Waals surface area (Å²) in [5.74, 6) is 0.110. The third-order valence-corrected chi connectivity index (χ3v) is 3.18. The van der Waals surface area contributed by atoms with Crippen molar-refractivity contribution in [1.82, 2.24) is 4.98 Å². The van der Waals surface area contributed by atoms with Crippen molar-refractivity contribution < 1.29 is 4.79 Å². The van der Waals surface area contributed by atoms with Gasteiger partial charge in [0.25, 0.3) is 0 Å². The van der Waals surface area contributed by atoms with Gasteiger partial charge in [0.1, 0.15) is 0 Å². The van der Waals surface area contributed by atoms with E-state index in [1.54, 1.807) is 18.5 Å². The normalized spacial score (nSPS) is 14.5. The van der Waals surface area contributed by atoms with Gasteiger partial charge in [0.2, 0.25) is 0 Å². The van der Waals surface area contributed by atoms with Crippen LogP contribution >= 0.6 is 0 Å². The van der Waals surface area contributed by atoms with Crippen molar-refractivity contribution in [2.24, 2.45) is 0 Å². The summed E-state index contributed by atoms with van der Waals surface area (Å²) in [5.41, 5.74) is 4.20. The molecule has 1 aromatic heterocycles. The van der Waals surface area contributed by atoms with E-state index in [1.165, 1.54) is 5.56 Å². The zero-order chi connectivity index (χ0) is 13.8. The van der Waals surface area contributed by atoms with Crippen molar-refractivity contribution in [3.05, 3.63) is 89.8 Å². The molecule has 2 nitrogen and oxygen atoms in total. The van der Waals surface area contributed by atoms with Crippen LogP contribution in [0.15, 0.2) is 78.7 Å². The molecule has 0 unspecified atom stereocenters. The Morgan fingerprint density at radius 3 is 2.35 bits per heavy atom. The first-order chi connectivity index (χ1) is 9.86. The molecule has 1 heterocycles. The molecule has 2 aliphatic rings. The number of pyridine rings is 1. The van der Waals surface area contributed by atoms with Gasteiger partial charge in [0.05, 0.1) is 0 Å². The lowest BCUT2D eigenvalue weighted by Crippen LogP contribution is -2.00. The Balaban J connectivity index is 0.000000170. The first-order valence-corrected chi connectivity index (χ1v) is 6.45. The Kier molecular flexibility index (Phi) is 3.38. The maximum Gasteiger partial charge on any atom is 0.186 e. The van der Waals surface area contributed by atoms with Crippen LogP contribution in [0.3, 0.4) is 0 Å². The second-order valence-corrected chi connectivity index (χ2v) is 4.47. The number of hydrogen-bond donors (Lipinski definition) is 0. The topological polar surface area (TPSA) is 30.0 Å². The molecule has 0 N–H and O–H groups in total. The number of aromatic nitrogens is 1. The average Bonchev–Trinajstić information content (AvgIpc) is 2.90. The van der Waals surface area contributed by atoms with Crippen molar-refractivity contribution in [2.75, 3.05) is 0 Å². The number of nitrogens with zero attached hydrogens (tertiary/aromatic N) is 1. The van der Waals surface area contributed by atoms with E-state index in [4.69, 9.17) is 0 Å². The van der Waals surface area contributed by atoms with Gasteiger partial charge in [-0.3, -0.25) is 9.78 Å². The lowest BCUT2D eigenvalue weighted by atomic mass is 9.96. The number of fused-ring (bicyclic) bond motifs is 3. The van der Waals surface area contributed by atoms with E-state index in [0.29, 0.717) is 0 Å². The van der Waals surface area contributed by atoms with Crippen LogP contribution in [0.4, 0.5) is 0 Å². The second-order valence-electron chi connectivity index (χ2n) is 4.47. The zero-order valence-corrected chi connectivity index (χ0v) is 10.9. The predicted molar refractivity (Wildman–Crippen MR) is 80.8 cm³/mol. The van der Waals surface area contributed by atoms with Crippen molar-refractivity contribution in [3.8, 4) is 0 Å². The summed E-state index contributed by atoms with van der Waals surface area (Å²) in [6, 6.07) is 13.8. The molecular weight excluding hydrogens is 246 g/mol. The minimum atomic E-state index is 0.110. The van der Waals surface area contributed by atoms with Gasteiger partial charge < -0.3 is 0 Å². The van der Waals surface area contributed by atoms with Gasteiger partial charge in [-0.25, -0.2) is 0 Å². The Bertz CT molecular complexity index is 697. The van der Waals surface area contributed by atoms with Gasteiger partial charge in [-0.2, -0.15) is 0 Å². The molecular formula is C18H13NO. The summed E-state index contributed by atoms with van der Waals surface area (Å²) in [4.78, 5) is 15.3. The monoisotopic (exact) mass is 259 g/mol. The average molecular weight is 259 g/mol. The fourth-order valence-corrected chi connectivity index (χ4v) is 2.26. The van der Waals surface area contributed by atoms with Crippen LogP contribution in [0.2, 0.25) is 0 Å². The highest BCUT2D eigenvalue weighted by Gasteiger charge is 2.23. The summed E-state index contributed by atoms with van der Waals surface area (Å²) in [7, 11) is 0. The van der Waals surface area contributed by atoms with E-state index in [2.05, 4.69) is 11.1 Å². The maximum absolute atomic E-state index is 11.5. The Hall–Kier alpha value is -2.74. The lowest BCUT2D eigenvalue weighted by Gasteiger charge is -2.06. The van der Waals surface area contributed by atoms with Gasteiger partial charge in [0, 0.05) is 18.0 Å². The molecule has 0 bridgehead atoms. The van der Waals surface area contributed by atoms with E-state index >= 15 is 0 Å². The van der Waals surface area contributed by atoms with Crippen LogP contribution in [0, 0.1) is 0 Å². The number of hydrogen-bond acceptors (Lipinski definition) is 2. The van der Waals surface area contributed by atoms with Gasteiger partial charge in [-0.15, -0.1) is 0 Å². The summed E-state index contributed by atoms with van der Waals surface area (Å²) in [6.45, 7) is 0. The van der Waals surface area contributed by atoms with E-state index in [1.807, 2.05) is 54.6 Å². The van der Waals surface area contributed by atoms with Gasteiger partial charge in [-0.05, 0) is 41.0 Å². The summed E-state index contributed by atoms with van der Waals surface area (Å²) in [6.07, 6.45) is 10.9. The first kappa shape index (κ1) is 12.3. The Morgan fingerprint density at radius 1 is 0.850 bits per heavy atom. The maximum atomic E-state index is 11.5. The summed E-state index contributed by atoms with van der Waals surface area (Å²) >= 11 is 0. The van der Waals surface area contributed by atoms with Gasteiger partial charge in [0.15, 0.2) is 5.78 Å². The molecule has 20 heavy (non-hydrogen) atoms. The Labute approximate surface area is 117 Å².